The Balaban J connectivity index is 1.79. The molecule has 2 aromatic rings. The maximum absolute atomic E-state index is 12.1. The molecule has 4 heteroatoms. The number of rotatable bonds is 3. The van der Waals surface area contributed by atoms with Gasteiger partial charge in [0, 0.05) is 0 Å². The molecule has 0 atom stereocenters. The summed E-state index contributed by atoms with van der Waals surface area (Å²) in [5.74, 6) is 0.823. The lowest BCUT2D eigenvalue weighted by Crippen LogP contribution is -2.11. The molecule has 0 saturated heterocycles. The van der Waals surface area contributed by atoms with Gasteiger partial charge in [-0.05, 0) is 71.6 Å². The van der Waals surface area contributed by atoms with Crippen molar-refractivity contribution in [2.75, 3.05) is 0 Å². The van der Waals surface area contributed by atoms with Crippen LogP contribution in [0.4, 0.5) is 0 Å². The topological polar surface area (TPSA) is 54.4 Å². The summed E-state index contributed by atoms with van der Waals surface area (Å²) in [6.07, 6.45) is 11.8. The van der Waals surface area contributed by atoms with Gasteiger partial charge >= 0.3 is 0 Å². The van der Waals surface area contributed by atoms with Gasteiger partial charge in [0.25, 0.3) is 10.1 Å². The van der Waals surface area contributed by atoms with Crippen LogP contribution in [0, 0.1) is 0 Å². The summed E-state index contributed by atoms with van der Waals surface area (Å²) < 4.78 is 34.0. The van der Waals surface area contributed by atoms with Gasteiger partial charge in [-0.3, -0.25) is 4.55 Å². The van der Waals surface area contributed by atoms with Crippen molar-refractivity contribution in [2.45, 2.75) is 80.9 Å². The zero-order valence-corrected chi connectivity index (χ0v) is 16.1. The van der Waals surface area contributed by atoms with Crippen molar-refractivity contribution in [3.8, 4) is 0 Å². The van der Waals surface area contributed by atoms with E-state index in [1.165, 1.54) is 44.1 Å². The summed E-state index contributed by atoms with van der Waals surface area (Å²) in [7, 11) is -4.21. The van der Waals surface area contributed by atoms with E-state index < -0.39 is 10.1 Å². The SMILES string of the molecule is O=S(=O)(O)c1cc2cc(C3CCCCC3)ccc2cc1C1CCCCC1. The molecule has 26 heavy (non-hydrogen) atoms. The molecule has 0 unspecified atom stereocenters. The number of fused-ring (bicyclic) bond motifs is 1. The summed E-state index contributed by atoms with van der Waals surface area (Å²) in [5.41, 5.74) is 2.12. The Morgan fingerprint density at radius 1 is 0.731 bits per heavy atom. The molecule has 0 amide bonds. The lowest BCUT2D eigenvalue weighted by Gasteiger charge is -2.25. The van der Waals surface area contributed by atoms with Gasteiger partial charge in [0.15, 0.2) is 0 Å². The first-order chi connectivity index (χ1) is 12.5. The van der Waals surface area contributed by atoms with Crippen LogP contribution >= 0.6 is 0 Å². The summed E-state index contributed by atoms with van der Waals surface area (Å²) in [6.45, 7) is 0. The summed E-state index contributed by atoms with van der Waals surface area (Å²) in [6, 6.07) is 10.2. The molecule has 2 aliphatic carbocycles. The fraction of sp³-hybridized carbons (Fsp3) is 0.545. The van der Waals surface area contributed by atoms with Gasteiger partial charge in [0.1, 0.15) is 0 Å². The minimum absolute atomic E-state index is 0.123. The molecule has 3 nitrogen and oxygen atoms in total. The molecule has 140 valence electrons. The van der Waals surface area contributed by atoms with Crippen LogP contribution in [0.25, 0.3) is 10.8 Å². The third kappa shape index (κ3) is 3.67. The highest BCUT2D eigenvalue weighted by atomic mass is 32.2. The Morgan fingerprint density at radius 3 is 1.96 bits per heavy atom. The molecular weight excluding hydrogens is 344 g/mol. The van der Waals surface area contributed by atoms with Crippen molar-refractivity contribution in [2.24, 2.45) is 0 Å². The van der Waals surface area contributed by atoms with E-state index in [0.717, 1.165) is 42.0 Å². The zero-order chi connectivity index (χ0) is 18.1. The van der Waals surface area contributed by atoms with Gasteiger partial charge in [-0.1, -0.05) is 56.7 Å². The second kappa shape index (κ2) is 7.32. The summed E-state index contributed by atoms with van der Waals surface area (Å²) in [5, 5.41) is 2.01. The third-order valence-electron chi connectivity index (χ3n) is 6.39. The Bertz CT molecular complexity index is 889. The Labute approximate surface area is 156 Å². The Kier molecular flexibility index (Phi) is 5.07. The van der Waals surface area contributed by atoms with Crippen molar-refractivity contribution in [1.29, 1.82) is 0 Å². The Hall–Kier alpha value is -1.39. The highest BCUT2D eigenvalue weighted by molar-refractivity contribution is 7.85. The first-order valence-electron chi connectivity index (χ1n) is 10.1. The maximum Gasteiger partial charge on any atom is 0.294 e. The molecule has 0 heterocycles. The number of hydrogen-bond donors (Lipinski definition) is 1. The van der Waals surface area contributed by atoms with Crippen molar-refractivity contribution in [3.05, 3.63) is 41.5 Å². The maximum atomic E-state index is 12.1. The molecule has 0 bridgehead atoms. The van der Waals surface area contributed by atoms with Gasteiger partial charge in [-0.15, -0.1) is 0 Å². The molecule has 2 aromatic carbocycles. The predicted octanol–water partition coefficient (Wildman–Crippen LogP) is 6.18. The molecule has 0 radical (unpaired) electrons. The fourth-order valence-corrected chi connectivity index (χ4v) is 5.76. The minimum Gasteiger partial charge on any atom is -0.282 e. The van der Waals surface area contributed by atoms with E-state index in [1.54, 1.807) is 6.07 Å². The first-order valence-corrected chi connectivity index (χ1v) is 11.5. The monoisotopic (exact) mass is 372 g/mol. The second-order valence-electron chi connectivity index (χ2n) is 8.14. The molecule has 0 aromatic heterocycles. The second-order valence-corrected chi connectivity index (χ2v) is 9.53. The van der Waals surface area contributed by atoms with Gasteiger partial charge in [-0.25, -0.2) is 0 Å². The average Bonchev–Trinajstić information content (AvgIpc) is 2.67. The van der Waals surface area contributed by atoms with E-state index in [1.807, 2.05) is 6.07 Å². The van der Waals surface area contributed by atoms with Crippen LogP contribution in [0.15, 0.2) is 35.2 Å². The molecule has 2 aliphatic rings. The van der Waals surface area contributed by atoms with Crippen LogP contribution in [0.1, 0.15) is 87.2 Å². The summed E-state index contributed by atoms with van der Waals surface area (Å²) in [4.78, 5) is 0.123. The van der Waals surface area contributed by atoms with Crippen LogP contribution in [0.3, 0.4) is 0 Å². The molecule has 2 saturated carbocycles. The van der Waals surface area contributed by atoms with E-state index in [-0.39, 0.29) is 10.8 Å². The highest BCUT2D eigenvalue weighted by Crippen LogP contribution is 2.39. The van der Waals surface area contributed by atoms with Gasteiger partial charge < -0.3 is 0 Å². The van der Waals surface area contributed by atoms with E-state index in [4.69, 9.17) is 0 Å². The molecule has 0 spiro atoms. The van der Waals surface area contributed by atoms with Crippen LogP contribution in [0.2, 0.25) is 0 Å². The number of hydrogen-bond acceptors (Lipinski definition) is 2. The third-order valence-corrected chi connectivity index (χ3v) is 7.30. The van der Waals surface area contributed by atoms with Crippen molar-refractivity contribution in [3.63, 3.8) is 0 Å². The van der Waals surface area contributed by atoms with Gasteiger partial charge in [0.2, 0.25) is 0 Å². The summed E-state index contributed by atoms with van der Waals surface area (Å²) >= 11 is 0. The van der Waals surface area contributed by atoms with Crippen molar-refractivity contribution < 1.29 is 13.0 Å². The van der Waals surface area contributed by atoms with E-state index >= 15 is 0 Å². The van der Waals surface area contributed by atoms with E-state index in [2.05, 4.69) is 18.2 Å². The average molecular weight is 373 g/mol. The molecule has 1 N–H and O–H groups in total. The van der Waals surface area contributed by atoms with Crippen LogP contribution in [-0.2, 0) is 10.1 Å². The minimum atomic E-state index is -4.21. The normalized spacial score (nSPS) is 20.5. The quantitative estimate of drug-likeness (QED) is 0.654. The van der Waals surface area contributed by atoms with Crippen LogP contribution in [0.5, 0.6) is 0 Å². The lowest BCUT2D eigenvalue weighted by molar-refractivity contribution is 0.434. The first kappa shape index (κ1) is 18.0. The molecule has 0 aliphatic heterocycles. The smallest absolute Gasteiger partial charge is 0.282 e. The largest absolute Gasteiger partial charge is 0.294 e. The lowest BCUT2D eigenvalue weighted by atomic mass is 9.82. The van der Waals surface area contributed by atoms with Crippen LogP contribution < -0.4 is 0 Å². The van der Waals surface area contributed by atoms with Gasteiger partial charge in [-0.2, -0.15) is 8.42 Å². The predicted molar refractivity (Wildman–Crippen MR) is 105 cm³/mol. The zero-order valence-electron chi connectivity index (χ0n) is 15.3. The number of benzene rings is 2. The van der Waals surface area contributed by atoms with Crippen LogP contribution in [-0.4, -0.2) is 13.0 Å². The van der Waals surface area contributed by atoms with Crippen molar-refractivity contribution in [1.82, 2.24) is 0 Å². The van der Waals surface area contributed by atoms with E-state index in [9.17, 15) is 13.0 Å². The standard InChI is InChI=1S/C22H28O3S/c23-26(24,25)22-15-20-13-18(16-7-3-1-4-8-16)11-12-19(20)14-21(22)17-9-5-2-6-10-17/h11-17H,1-10H2,(H,23,24,25). The Morgan fingerprint density at radius 2 is 1.35 bits per heavy atom. The fourth-order valence-electron chi connectivity index (χ4n) is 4.96. The highest BCUT2D eigenvalue weighted by Gasteiger charge is 2.25. The van der Waals surface area contributed by atoms with E-state index in [0.29, 0.717) is 5.92 Å². The molecule has 4 rings (SSSR count). The van der Waals surface area contributed by atoms with Crippen molar-refractivity contribution >= 4 is 20.9 Å². The molecule has 2 fully saturated rings. The molecular formula is C22H28O3S. The van der Waals surface area contributed by atoms with Gasteiger partial charge in [0.05, 0.1) is 4.90 Å².